The van der Waals surface area contributed by atoms with Crippen molar-refractivity contribution in [2.45, 2.75) is 33.9 Å². The van der Waals surface area contributed by atoms with E-state index in [1.165, 1.54) is 13.0 Å². The Morgan fingerprint density at radius 1 is 1.14 bits per heavy atom. The van der Waals surface area contributed by atoms with E-state index < -0.39 is 0 Å². The minimum atomic E-state index is -0.227. The highest BCUT2D eigenvalue weighted by Crippen LogP contribution is 2.25. The highest BCUT2D eigenvalue weighted by atomic mass is 19.1. The molecule has 0 unspecified atom stereocenters. The van der Waals surface area contributed by atoms with E-state index in [9.17, 15) is 9.18 Å². The van der Waals surface area contributed by atoms with Gasteiger partial charge in [-0.25, -0.2) is 9.38 Å². The van der Waals surface area contributed by atoms with Crippen molar-refractivity contribution in [3.05, 3.63) is 58.9 Å². The first kappa shape index (κ1) is 21.2. The summed E-state index contributed by atoms with van der Waals surface area (Å²) in [5.74, 6) is 0.833. The van der Waals surface area contributed by atoms with Gasteiger partial charge >= 0.3 is 0 Å². The standard InChI is InChI=1S/C21H27FN4O2/c1-5-23-21(24-12-16-7-6-14(2)18(22)10-16)25-13-17-8-9-20(28-4)19(11-17)26-15(3)27/h6-11H,5,12-13H2,1-4H3,(H,26,27)(H2,23,24,25). The Balaban J connectivity index is 2.07. The lowest BCUT2D eigenvalue weighted by Crippen LogP contribution is -2.36. The number of aliphatic imine (C=N–C) groups is 1. The molecule has 0 aliphatic heterocycles. The number of hydrogen-bond acceptors (Lipinski definition) is 3. The topological polar surface area (TPSA) is 74.8 Å². The van der Waals surface area contributed by atoms with Gasteiger partial charge in [0.25, 0.3) is 0 Å². The lowest BCUT2D eigenvalue weighted by atomic mass is 10.1. The summed E-state index contributed by atoms with van der Waals surface area (Å²) in [6.07, 6.45) is 0. The van der Waals surface area contributed by atoms with Gasteiger partial charge in [-0.1, -0.05) is 18.2 Å². The normalized spacial score (nSPS) is 11.1. The van der Waals surface area contributed by atoms with Crippen LogP contribution in [0.1, 0.15) is 30.5 Å². The Labute approximate surface area is 165 Å². The molecule has 2 aromatic carbocycles. The minimum Gasteiger partial charge on any atom is -0.495 e. The maximum atomic E-state index is 13.7. The van der Waals surface area contributed by atoms with E-state index >= 15 is 0 Å². The fourth-order valence-electron chi connectivity index (χ4n) is 2.59. The fourth-order valence-corrected chi connectivity index (χ4v) is 2.59. The third-order valence-corrected chi connectivity index (χ3v) is 4.03. The predicted molar refractivity (Wildman–Crippen MR) is 110 cm³/mol. The molecule has 0 atom stereocenters. The van der Waals surface area contributed by atoms with Gasteiger partial charge in [0.1, 0.15) is 11.6 Å². The molecule has 3 N–H and O–H groups in total. The zero-order valence-corrected chi connectivity index (χ0v) is 16.7. The molecule has 0 aromatic heterocycles. The van der Waals surface area contributed by atoms with Gasteiger partial charge in [0.15, 0.2) is 5.96 Å². The maximum Gasteiger partial charge on any atom is 0.221 e. The fraction of sp³-hybridized carbons (Fsp3) is 0.333. The van der Waals surface area contributed by atoms with Gasteiger partial charge in [-0.3, -0.25) is 4.79 Å². The van der Waals surface area contributed by atoms with E-state index in [4.69, 9.17) is 4.74 Å². The van der Waals surface area contributed by atoms with Gasteiger partial charge < -0.3 is 20.7 Å². The highest BCUT2D eigenvalue weighted by Gasteiger charge is 2.07. The molecule has 150 valence electrons. The van der Waals surface area contributed by atoms with Crippen LogP contribution in [0.5, 0.6) is 5.75 Å². The van der Waals surface area contributed by atoms with Crippen LogP contribution in [0.2, 0.25) is 0 Å². The molecule has 2 rings (SSSR count). The Morgan fingerprint density at radius 2 is 1.89 bits per heavy atom. The number of aryl methyl sites for hydroxylation is 1. The quantitative estimate of drug-likeness (QED) is 0.504. The van der Waals surface area contributed by atoms with E-state index in [0.29, 0.717) is 42.6 Å². The van der Waals surface area contributed by atoms with Crippen LogP contribution in [-0.2, 0) is 17.9 Å². The number of halogens is 1. The van der Waals surface area contributed by atoms with E-state index in [-0.39, 0.29) is 11.7 Å². The van der Waals surface area contributed by atoms with Crippen LogP contribution < -0.4 is 20.7 Å². The molecule has 2 aromatic rings. The van der Waals surface area contributed by atoms with Crippen LogP contribution in [0.4, 0.5) is 10.1 Å². The summed E-state index contributed by atoms with van der Waals surface area (Å²) < 4.78 is 19.0. The third-order valence-electron chi connectivity index (χ3n) is 4.03. The molecule has 0 fully saturated rings. The summed E-state index contributed by atoms with van der Waals surface area (Å²) in [6, 6.07) is 10.7. The zero-order chi connectivity index (χ0) is 20.5. The maximum absolute atomic E-state index is 13.7. The molecule has 1 amide bonds. The van der Waals surface area contributed by atoms with Crippen molar-refractivity contribution >= 4 is 17.6 Å². The molecule has 28 heavy (non-hydrogen) atoms. The number of benzene rings is 2. The second kappa shape index (κ2) is 10.3. The van der Waals surface area contributed by atoms with Crippen LogP contribution in [0, 0.1) is 12.7 Å². The number of carbonyl (C=O) groups excluding carboxylic acids is 1. The molecule has 6 nitrogen and oxygen atoms in total. The van der Waals surface area contributed by atoms with Gasteiger partial charge in [-0.15, -0.1) is 0 Å². The molecule has 0 radical (unpaired) electrons. The number of hydrogen-bond donors (Lipinski definition) is 3. The number of ether oxygens (including phenoxy) is 1. The van der Waals surface area contributed by atoms with E-state index in [1.807, 2.05) is 25.1 Å². The van der Waals surface area contributed by atoms with Crippen LogP contribution in [-0.4, -0.2) is 25.5 Å². The molecule has 0 aliphatic carbocycles. The first-order valence-corrected chi connectivity index (χ1v) is 9.14. The Morgan fingerprint density at radius 3 is 2.54 bits per heavy atom. The zero-order valence-electron chi connectivity index (χ0n) is 16.7. The molecular weight excluding hydrogens is 359 g/mol. The summed E-state index contributed by atoms with van der Waals surface area (Å²) in [7, 11) is 1.56. The first-order chi connectivity index (χ1) is 13.4. The number of anilines is 1. The molecule has 0 saturated carbocycles. The summed E-state index contributed by atoms with van der Waals surface area (Å²) >= 11 is 0. The number of nitrogens with zero attached hydrogens (tertiary/aromatic N) is 1. The van der Waals surface area contributed by atoms with Crippen molar-refractivity contribution < 1.29 is 13.9 Å². The molecular formula is C21H27FN4O2. The number of nitrogens with one attached hydrogen (secondary N) is 3. The number of amides is 1. The molecule has 0 heterocycles. The number of methoxy groups -OCH3 is 1. The summed E-state index contributed by atoms with van der Waals surface area (Å²) in [4.78, 5) is 15.9. The number of rotatable bonds is 7. The Kier molecular flexibility index (Phi) is 7.80. The van der Waals surface area contributed by atoms with E-state index in [0.717, 1.165) is 11.1 Å². The average Bonchev–Trinajstić information content (AvgIpc) is 2.66. The molecule has 7 heteroatoms. The first-order valence-electron chi connectivity index (χ1n) is 9.14. The smallest absolute Gasteiger partial charge is 0.221 e. The van der Waals surface area contributed by atoms with Crippen LogP contribution in [0.15, 0.2) is 41.4 Å². The highest BCUT2D eigenvalue weighted by molar-refractivity contribution is 5.90. The second-order valence-electron chi connectivity index (χ2n) is 6.35. The summed E-state index contributed by atoms with van der Waals surface area (Å²) in [5, 5.41) is 9.17. The largest absolute Gasteiger partial charge is 0.495 e. The SMILES string of the molecule is CCNC(=NCc1ccc(C)c(F)c1)NCc1ccc(OC)c(NC(C)=O)c1. The van der Waals surface area contributed by atoms with Crippen molar-refractivity contribution in [3.8, 4) is 5.75 Å². The van der Waals surface area contributed by atoms with Gasteiger partial charge in [0.05, 0.1) is 19.3 Å². The number of guanidine groups is 1. The molecule has 0 aliphatic rings. The monoisotopic (exact) mass is 386 g/mol. The Bertz CT molecular complexity index is 852. The van der Waals surface area contributed by atoms with Crippen molar-refractivity contribution in [2.75, 3.05) is 19.0 Å². The van der Waals surface area contributed by atoms with Crippen LogP contribution in [0.3, 0.4) is 0 Å². The van der Waals surface area contributed by atoms with Crippen molar-refractivity contribution in [1.82, 2.24) is 10.6 Å². The van der Waals surface area contributed by atoms with Gasteiger partial charge in [-0.05, 0) is 48.7 Å². The second-order valence-corrected chi connectivity index (χ2v) is 6.35. The molecule has 0 saturated heterocycles. The lowest BCUT2D eigenvalue weighted by Gasteiger charge is -2.14. The number of carbonyl (C=O) groups is 1. The minimum absolute atomic E-state index is 0.163. The third kappa shape index (κ3) is 6.26. The van der Waals surface area contributed by atoms with E-state index in [1.54, 1.807) is 26.2 Å². The van der Waals surface area contributed by atoms with Crippen molar-refractivity contribution in [2.24, 2.45) is 4.99 Å². The predicted octanol–water partition coefficient (Wildman–Crippen LogP) is 3.36. The summed E-state index contributed by atoms with van der Waals surface area (Å²) in [6.45, 7) is 6.74. The van der Waals surface area contributed by atoms with Gasteiger partial charge in [-0.2, -0.15) is 0 Å². The van der Waals surface area contributed by atoms with Crippen molar-refractivity contribution in [1.29, 1.82) is 0 Å². The average molecular weight is 386 g/mol. The van der Waals surface area contributed by atoms with Gasteiger partial charge in [0, 0.05) is 20.0 Å². The molecule has 0 bridgehead atoms. The Hall–Kier alpha value is -3.09. The molecule has 0 spiro atoms. The van der Waals surface area contributed by atoms with Crippen LogP contribution in [0.25, 0.3) is 0 Å². The summed E-state index contributed by atoms with van der Waals surface area (Å²) in [5.41, 5.74) is 2.99. The van der Waals surface area contributed by atoms with E-state index in [2.05, 4.69) is 20.9 Å². The van der Waals surface area contributed by atoms with Crippen LogP contribution >= 0.6 is 0 Å². The van der Waals surface area contributed by atoms with Crippen molar-refractivity contribution in [3.63, 3.8) is 0 Å². The van der Waals surface area contributed by atoms with Gasteiger partial charge in [0.2, 0.25) is 5.91 Å². The lowest BCUT2D eigenvalue weighted by molar-refractivity contribution is -0.114.